The number of pyridine rings is 1. The Labute approximate surface area is 234 Å². The van der Waals surface area contributed by atoms with Gasteiger partial charge in [0.15, 0.2) is 0 Å². The summed E-state index contributed by atoms with van der Waals surface area (Å²) in [6, 6.07) is 12.2. The Kier molecular flexibility index (Phi) is 5.83. The molecule has 0 radical (unpaired) electrons. The minimum absolute atomic E-state index is 0.132. The van der Waals surface area contributed by atoms with Crippen molar-refractivity contribution in [1.82, 2.24) is 0 Å². The van der Waals surface area contributed by atoms with Crippen molar-refractivity contribution in [3.63, 3.8) is 0 Å². The number of aryl methyl sites for hydroxylation is 1. The first-order valence-electron chi connectivity index (χ1n) is 14.6. The zero-order valence-electron chi connectivity index (χ0n) is 26.7. The molecule has 0 saturated heterocycles. The van der Waals surface area contributed by atoms with Crippen molar-refractivity contribution in [2.45, 2.75) is 88.4 Å². The van der Waals surface area contributed by atoms with Crippen LogP contribution in [0.1, 0.15) is 61.0 Å². The molecule has 0 bridgehead atoms. The van der Waals surface area contributed by atoms with Crippen LogP contribution in [0.15, 0.2) is 52.3 Å². The van der Waals surface area contributed by atoms with Crippen molar-refractivity contribution >= 4 is 51.0 Å². The third kappa shape index (κ3) is 5.01. The van der Waals surface area contributed by atoms with E-state index in [4.69, 9.17) is 2.74 Å². The van der Waals surface area contributed by atoms with E-state index >= 15 is 0 Å². The molecule has 194 valence electrons. The van der Waals surface area contributed by atoms with Crippen LogP contribution in [0.5, 0.6) is 0 Å². The fraction of sp³-hybridized carbons (Fsp3) is 0.441. The SMILES string of the molecule is [2H]c1c([2H])[n+](C)c2c3c(c[c]([Ge]([CH3])([CH3])[CH3])cc13)Sc1c-2c(C)c2cc(CC(C)(C)C)ccc2c1CC(C)(C)C. The van der Waals surface area contributed by atoms with Gasteiger partial charge in [0.25, 0.3) is 0 Å². The van der Waals surface area contributed by atoms with Gasteiger partial charge in [-0.25, -0.2) is 0 Å². The first kappa shape index (κ1) is 24.3. The zero-order valence-corrected chi connectivity index (χ0v) is 27.6. The summed E-state index contributed by atoms with van der Waals surface area (Å²) in [6.07, 6.45) is 2.31. The topological polar surface area (TPSA) is 3.88 Å². The van der Waals surface area contributed by atoms with E-state index in [0.29, 0.717) is 12.2 Å². The molecule has 37 heavy (non-hydrogen) atoms. The van der Waals surface area contributed by atoms with Crippen LogP contribution in [-0.2, 0) is 19.9 Å². The summed E-state index contributed by atoms with van der Waals surface area (Å²) in [6.45, 7) is 16.2. The minimum atomic E-state index is -2.19. The summed E-state index contributed by atoms with van der Waals surface area (Å²) >= 11 is -0.279. The van der Waals surface area contributed by atoms with Crippen LogP contribution in [0, 0.1) is 17.8 Å². The summed E-state index contributed by atoms with van der Waals surface area (Å²) in [5, 5.41) is 4.79. The molecule has 0 aliphatic carbocycles. The second kappa shape index (κ2) is 8.88. The number of hydrogen-bond acceptors (Lipinski definition) is 1. The standard InChI is InChI=1S/C34H44GeNS/c1-21-26-16-22(19-33(2,3)4)12-13-25(26)27(20-34(5,6)7)32-29(21)31-30-23(14-15-36(31)11)17-24(35(8,9)10)18-28(30)37-32/h12-18H,19-20H2,1-11H3/q+1/i14D,15D. The molecular formula is C34H44GeNS+. The molecule has 1 aliphatic heterocycles. The quantitative estimate of drug-likeness (QED) is 0.154. The number of benzene rings is 3. The number of nitrogens with zero attached hydrogens (tertiary/aromatic N) is 1. The van der Waals surface area contributed by atoms with Crippen molar-refractivity contribution in [2.24, 2.45) is 17.9 Å². The number of hydrogen-bond donors (Lipinski definition) is 0. The third-order valence-electron chi connectivity index (χ3n) is 7.48. The Bertz CT molecular complexity index is 1670. The Hall–Kier alpha value is -1.78. The third-order valence-corrected chi connectivity index (χ3v) is 12.9. The Balaban J connectivity index is 1.96. The second-order valence-corrected chi connectivity index (χ2v) is 26.3. The number of rotatable bonds is 3. The fourth-order valence-corrected chi connectivity index (χ4v) is 9.82. The van der Waals surface area contributed by atoms with E-state index in [2.05, 4.69) is 96.1 Å². The first-order valence-corrected chi connectivity index (χ1v) is 21.8. The van der Waals surface area contributed by atoms with E-state index in [-0.39, 0.29) is 10.8 Å². The molecule has 3 aromatic carbocycles. The van der Waals surface area contributed by atoms with Gasteiger partial charge in [-0.3, -0.25) is 0 Å². The van der Waals surface area contributed by atoms with Gasteiger partial charge < -0.3 is 0 Å². The predicted octanol–water partition coefficient (Wildman–Crippen LogP) is 8.98. The van der Waals surface area contributed by atoms with Crippen molar-refractivity contribution in [3.8, 4) is 11.3 Å². The molecule has 5 rings (SSSR count). The zero-order chi connectivity index (χ0) is 28.8. The molecule has 3 heteroatoms. The molecule has 1 aromatic heterocycles. The summed E-state index contributed by atoms with van der Waals surface area (Å²) < 4.78 is 21.3. The molecule has 4 aromatic rings. The molecule has 0 fully saturated rings. The maximum absolute atomic E-state index is 8.98. The molecular weight excluding hydrogens is 527 g/mol. The van der Waals surface area contributed by atoms with Crippen LogP contribution < -0.4 is 8.96 Å². The van der Waals surface area contributed by atoms with Crippen LogP contribution in [-0.4, -0.2) is 13.3 Å². The van der Waals surface area contributed by atoms with Gasteiger partial charge in [-0.15, -0.1) is 0 Å². The second-order valence-electron chi connectivity index (χ2n) is 14.6. The molecule has 1 nitrogen and oxygen atoms in total. The summed E-state index contributed by atoms with van der Waals surface area (Å²) in [7, 11) is 1.98. The Morgan fingerprint density at radius 1 is 0.919 bits per heavy atom. The van der Waals surface area contributed by atoms with Crippen LogP contribution in [0.25, 0.3) is 32.8 Å². The van der Waals surface area contributed by atoms with Gasteiger partial charge in [0, 0.05) is 0 Å². The van der Waals surface area contributed by atoms with Crippen molar-refractivity contribution in [3.05, 3.63) is 59.2 Å². The van der Waals surface area contributed by atoms with Gasteiger partial charge in [0.05, 0.1) is 0 Å². The van der Waals surface area contributed by atoms with E-state index in [1.54, 1.807) is 0 Å². The van der Waals surface area contributed by atoms with Crippen molar-refractivity contribution in [2.75, 3.05) is 0 Å². The summed E-state index contributed by atoms with van der Waals surface area (Å²) in [5.41, 5.74) is 6.81. The van der Waals surface area contributed by atoms with Crippen LogP contribution in [0.3, 0.4) is 0 Å². The van der Waals surface area contributed by atoms with E-state index in [9.17, 15) is 0 Å². The van der Waals surface area contributed by atoms with Crippen LogP contribution in [0.2, 0.25) is 17.3 Å². The fourth-order valence-electron chi connectivity index (χ4n) is 5.81. The van der Waals surface area contributed by atoms with Gasteiger partial charge in [0.2, 0.25) is 0 Å². The van der Waals surface area contributed by atoms with Gasteiger partial charge in [0.1, 0.15) is 0 Å². The molecule has 2 heterocycles. The maximum atomic E-state index is 8.98. The summed E-state index contributed by atoms with van der Waals surface area (Å²) in [4.78, 5) is 2.60. The molecule has 0 spiro atoms. The molecule has 0 unspecified atom stereocenters. The first-order chi connectivity index (χ1) is 17.9. The van der Waals surface area contributed by atoms with Gasteiger partial charge >= 0.3 is 214 Å². The average molecular weight is 573 g/mol. The van der Waals surface area contributed by atoms with Crippen LogP contribution >= 0.6 is 11.8 Å². The average Bonchev–Trinajstić information content (AvgIpc) is 2.80. The number of fused-ring (bicyclic) bond motifs is 3. The molecule has 0 amide bonds. The Morgan fingerprint density at radius 2 is 1.59 bits per heavy atom. The summed E-state index contributed by atoms with van der Waals surface area (Å²) in [5.74, 6) is 7.26. The monoisotopic (exact) mass is 574 g/mol. The normalized spacial score (nSPS) is 14.7. The van der Waals surface area contributed by atoms with E-state index in [0.717, 1.165) is 29.3 Å². The predicted molar refractivity (Wildman–Crippen MR) is 166 cm³/mol. The molecule has 1 aliphatic rings. The van der Waals surface area contributed by atoms with E-state index in [1.807, 2.05) is 23.4 Å². The van der Waals surface area contributed by atoms with Crippen molar-refractivity contribution in [1.29, 1.82) is 0 Å². The van der Waals surface area contributed by atoms with Crippen LogP contribution in [0.4, 0.5) is 0 Å². The van der Waals surface area contributed by atoms with E-state index in [1.165, 1.54) is 47.2 Å². The van der Waals surface area contributed by atoms with Gasteiger partial charge in [-0.2, -0.15) is 0 Å². The Morgan fingerprint density at radius 3 is 2.22 bits per heavy atom. The van der Waals surface area contributed by atoms with Gasteiger partial charge in [-0.1, -0.05) is 20.8 Å². The van der Waals surface area contributed by atoms with Crippen molar-refractivity contribution < 1.29 is 7.31 Å². The number of aromatic nitrogens is 1. The van der Waals surface area contributed by atoms with Gasteiger partial charge in [-0.05, 0) is 0 Å². The molecule has 0 saturated carbocycles. The van der Waals surface area contributed by atoms with E-state index < -0.39 is 13.3 Å². The molecule has 0 N–H and O–H groups in total. The molecule has 0 atom stereocenters.